The average molecular weight is 514 g/mol. The monoisotopic (exact) mass is 513 g/mol. The standard InChI is InChI=1S/C24H24F5N3O2S/c1-2-34-15-5-3-14(4-6-15)22(33)31-10-7-24(8-11-31)9-12-32(13-24)23(35)30-21-19(28)17(26)16(25)18(27)20(21)29/h3-6H,2,7-13H2,1H3,(H,30,35). The molecule has 0 atom stereocenters. The van der Waals surface area contributed by atoms with Crippen LogP contribution in [0.3, 0.4) is 0 Å². The number of thiocarbonyl (C=S) groups is 1. The molecule has 2 heterocycles. The van der Waals surface area contributed by atoms with Gasteiger partial charge in [0.15, 0.2) is 28.4 Å². The van der Waals surface area contributed by atoms with Gasteiger partial charge in [-0.25, -0.2) is 22.0 Å². The number of rotatable bonds is 4. The van der Waals surface area contributed by atoms with Gasteiger partial charge in [0.2, 0.25) is 5.82 Å². The van der Waals surface area contributed by atoms with Gasteiger partial charge < -0.3 is 19.9 Å². The smallest absolute Gasteiger partial charge is 0.253 e. The van der Waals surface area contributed by atoms with Gasteiger partial charge in [-0.15, -0.1) is 0 Å². The molecule has 4 rings (SSSR count). The minimum atomic E-state index is -2.22. The van der Waals surface area contributed by atoms with Crippen LogP contribution in [-0.4, -0.2) is 53.6 Å². The fourth-order valence-electron chi connectivity index (χ4n) is 4.64. The largest absolute Gasteiger partial charge is 0.494 e. The molecule has 188 valence electrons. The number of halogens is 5. The molecule has 2 aliphatic heterocycles. The van der Waals surface area contributed by atoms with Crippen LogP contribution in [0.2, 0.25) is 0 Å². The second-order valence-corrected chi connectivity index (χ2v) is 9.18. The number of hydrogen-bond donors (Lipinski definition) is 1. The number of benzene rings is 2. The predicted molar refractivity (Wildman–Crippen MR) is 124 cm³/mol. The third-order valence-corrected chi connectivity index (χ3v) is 7.05. The molecule has 5 nitrogen and oxygen atoms in total. The summed E-state index contributed by atoms with van der Waals surface area (Å²) in [5.41, 5.74) is -0.744. The van der Waals surface area contributed by atoms with Gasteiger partial charge in [0.05, 0.1) is 6.61 Å². The van der Waals surface area contributed by atoms with Crippen LogP contribution in [0.1, 0.15) is 36.5 Å². The molecule has 2 saturated heterocycles. The van der Waals surface area contributed by atoms with E-state index in [1.807, 2.05) is 6.92 Å². The van der Waals surface area contributed by atoms with E-state index in [9.17, 15) is 26.7 Å². The van der Waals surface area contributed by atoms with Gasteiger partial charge in [-0.3, -0.25) is 4.79 Å². The van der Waals surface area contributed by atoms with Crippen molar-refractivity contribution < 1.29 is 31.5 Å². The molecule has 0 saturated carbocycles. The maximum atomic E-state index is 14.0. The molecule has 0 bridgehead atoms. The molecule has 0 aromatic heterocycles. The zero-order valence-corrected chi connectivity index (χ0v) is 19.8. The Hall–Kier alpha value is -2.95. The summed E-state index contributed by atoms with van der Waals surface area (Å²) in [6, 6.07) is 6.99. The zero-order valence-electron chi connectivity index (χ0n) is 19.0. The molecule has 1 N–H and O–H groups in total. The first-order chi connectivity index (χ1) is 16.7. The molecule has 2 fully saturated rings. The number of carbonyl (C=O) groups excluding carboxylic acids is 1. The summed E-state index contributed by atoms with van der Waals surface area (Å²) in [5.74, 6) is -9.57. The zero-order chi connectivity index (χ0) is 25.3. The molecule has 2 aromatic carbocycles. The molecular weight excluding hydrogens is 489 g/mol. The fourth-order valence-corrected chi connectivity index (χ4v) is 4.90. The number of nitrogens with one attached hydrogen (secondary N) is 1. The van der Waals surface area contributed by atoms with Crippen LogP contribution in [0.5, 0.6) is 5.75 Å². The minimum Gasteiger partial charge on any atom is -0.494 e. The minimum absolute atomic E-state index is 0.0683. The molecule has 2 aliphatic rings. The van der Waals surface area contributed by atoms with Gasteiger partial charge in [0.25, 0.3) is 5.91 Å². The van der Waals surface area contributed by atoms with E-state index in [0.29, 0.717) is 56.9 Å². The van der Waals surface area contributed by atoms with E-state index in [-0.39, 0.29) is 16.4 Å². The van der Waals surface area contributed by atoms with Crippen LogP contribution in [0, 0.1) is 34.5 Å². The van der Waals surface area contributed by atoms with Crippen molar-refractivity contribution in [3.63, 3.8) is 0 Å². The maximum Gasteiger partial charge on any atom is 0.253 e. The van der Waals surface area contributed by atoms with Crippen molar-refractivity contribution in [2.24, 2.45) is 5.41 Å². The highest BCUT2D eigenvalue weighted by Gasteiger charge is 2.42. The first-order valence-corrected chi connectivity index (χ1v) is 11.7. The summed E-state index contributed by atoms with van der Waals surface area (Å²) in [4.78, 5) is 16.3. The van der Waals surface area contributed by atoms with Gasteiger partial charge in [0.1, 0.15) is 11.4 Å². The van der Waals surface area contributed by atoms with E-state index in [4.69, 9.17) is 17.0 Å². The summed E-state index contributed by atoms with van der Waals surface area (Å²) < 4.78 is 73.7. The first kappa shape index (κ1) is 25.2. The van der Waals surface area contributed by atoms with E-state index < -0.39 is 34.8 Å². The number of nitrogens with zero attached hydrogens (tertiary/aromatic N) is 2. The van der Waals surface area contributed by atoms with Crippen molar-refractivity contribution in [3.05, 3.63) is 58.9 Å². The normalized spacial score (nSPS) is 17.1. The number of likely N-dealkylation sites (tertiary alicyclic amines) is 2. The molecule has 35 heavy (non-hydrogen) atoms. The Bertz CT molecular complexity index is 1110. The molecule has 11 heteroatoms. The van der Waals surface area contributed by atoms with Crippen LogP contribution in [0.25, 0.3) is 0 Å². The molecule has 0 radical (unpaired) electrons. The predicted octanol–water partition coefficient (Wildman–Crippen LogP) is 5.11. The van der Waals surface area contributed by atoms with Gasteiger partial charge >= 0.3 is 0 Å². The maximum absolute atomic E-state index is 14.0. The van der Waals surface area contributed by atoms with E-state index in [2.05, 4.69) is 5.32 Å². The molecule has 2 aromatic rings. The van der Waals surface area contributed by atoms with Crippen molar-refractivity contribution in [2.75, 3.05) is 38.1 Å². The highest BCUT2D eigenvalue weighted by Crippen LogP contribution is 2.41. The summed E-state index contributed by atoms with van der Waals surface area (Å²) in [7, 11) is 0. The lowest BCUT2D eigenvalue weighted by atomic mass is 9.77. The number of amides is 1. The van der Waals surface area contributed by atoms with Crippen molar-refractivity contribution >= 4 is 28.9 Å². The second-order valence-electron chi connectivity index (χ2n) is 8.80. The van der Waals surface area contributed by atoms with Crippen molar-refractivity contribution in [3.8, 4) is 5.75 Å². The first-order valence-electron chi connectivity index (χ1n) is 11.3. The summed E-state index contributed by atoms with van der Waals surface area (Å²) in [6.45, 7) is 4.43. The third kappa shape index (κ3) is 4.91. The Kier molecular flexibility index (Phi) is 7.16. The van der Waals surface area contributed by atoms with E-state index in [1.165, 1.54) is 0 Å². The molecular formula is C24H24F5N3O2S. The van der Waals surface area contributed by atoms with Crippen molar-refractivity contribution in [1.29, 1.82) is 0 Å². The van der Waals surface area contributed by atoms with Gasteiger partial charge in [-0.05, 0) is 68.1 Å². The van der Waals surface area contributed by atoms with Gasteiger partial charge in [0, 0.05) is 31.7 Å². The van der Waals surface area contributed by atoms with Gasteiger partial charge in [-0.1, -0.05) is 0 Å². The van der Waals surface area contributed by atoms with Crippen LogP contribution >= 0.6 is 12.2 Å². The second kappa shape index (κ2) is 9.96. The molecule has 0 unspecified atom stereocenters. The van der Waals surface area contributed by atoms with Crippen LogP contribution in [0.15, 0.2) is 24.3 Å². The number of anilines is 1. The fraction of sp³-hybridized carbons (Fsp3) is 0.417. The van der Waals surface area contributed by atoms with Crippen molar-refractivity contribution in [1.82, 2.24) is 9.80 Å². The third-order valence-electron chi connectivity index (χ3n) is 6.69. The Morgan fingerprint density at radius 1 is 0.914 bits per heavy atom. The lowest BCUT2D eigenvalue weighted by molar-refractivity contribution is 0.0599. The SMILES string of the molecule is CCOc1ccc(C(=O)N2CCC3(CC2)CCN(C(=S)Nc2c(F)c(F)c(F)c(F)c2F)C3)cc1. The summed E-state index contributed by atoms with van der Waals surface area (Å²) in [5, 5.41) is 2.09. The molecule has 0 aliphatic carbocycles. The Labute approximate surface area is 204 Å². The van der Waals surface area contributed by atoms with Crippen LogP contribution in [-0.2, 0) is 0 Å². The molecule has 1 spiro atoms. The lowest BCUT2D eigenvalue weighted by Crippen LogP contribution is -2.45. The summed E-state index contributed by atoms with van der Waals surface area (Å²) in [6.07, 6.45) is 2.14. The molecule has 1 amide bonds. The van der Waals surface area contributed by atoms with Crippen LogP contribution < -0.4 is 10.1 Å². The van der Waals surface area contributed by atoms with Gasteiger partial charge in [-0.2, -0.15) is 0 Å². The lowest BCUT2D eigenvalue weighted by Gasteiger charge is -2.39. The highest BCUT2D eigenvalue weighted by molar-refractivity contribution is 7.80. The highest BCUT2D eigenvalue weighted by atomic mass is 32.1. The van der Waals surface area contributed by atoms with Crippen molar-refractivity contribution in [2.45, 2.75) is 26.2 Å². The average Bonchev–Trinajstić information content (AvgIpc) is 3.28. The quantitative estimate of drug-likeness (QED) is 0.267. The number of hydrogen-bond acceptors (Lipinski definition) is 3. The Balaban J connectivity index is 1.36. The Morgan fingerprint density at radius 2 is 1.43 bits per heavy atom. The number of piperidine rings is 1. The van der Waals surface area contributed by atoms with E-state index in [0.717, 1.165) is 6.42 Å². The number of ether oxygens (including phenoxy) is 1. The summed E-state index contributed by atoms with van der Waals surface area (Å²) >= 11 is 5.21. The topological polar surface area (TPSA) is 44.8 Å². The number of carbonyl (C=O) groups is 1. The van der Waals surface area contributed by atoms with E-state index >= 15 is 0 Å². The van der Waals surface area contributed by atoms with Crippen LogP contribution in [0.4, 0.5) is 27.6 Å². The van der Waals surface area contributed by atoms with E-state index in [1.54, 1.807) is 34.1 Å². The Morgan fingerprint density at radius 3 is 1.97 bits per heavy atom.